The van der Waals surface area contributed by atoms with Crippen LogP contribution in [0.5, 0.6) is 0 Å². The first kappa shape index (κ1) is 11.4. The van der Waals surface area contributed by atoms with E-state index in [1.165, 1.54) is 25.9 Å². The van der Waals surface area contributed by atoms with Crippen molar-refractivity contribution >= 4 is 0 Å². The Morgan fingerprint density at radius 1 is 1.00 bits per heavy atom. The minimum atomic E-state index is 0.354. The summed E-state index contributed by atoms with van der Waals surface area (Å²) in [4.78, 5) is 5.43. The molecule has 2 saturated heterocycles. The summed E-state index contributed by atoms with van der Waals surface area (Å²) >= 11 is 0. The van der Waals surface area contributed by atoms with Crippen LogP contribution in [-0.4, -0.2) is 46.6 Å². The van der Waals surface area contributed by atoms with Crippen LogP contribution in [0.4, 0.5) is 0 Å². The van der Waals surface area contributed by atoms with Gasteiger partial charge in [0.05, 0.1) is 0 Å². The molecule has 0 radical (unpaired) electrons. The maximum Gasteiger partial charge on any atom is 0.0269 e. The number of rotatable bonds is 1. The highest BCUT2D eigenvalue weighted by Crippen LogP contribution is 2.36. The van der Waals surface area contributed by atoms with Gasteiger partial charge in [0.2, 0.25) is 0 Å². The zero-order chi connectivity index (χ0) is 11.2. The lowest BCUT2D eigenvalue weighted by Gasteiger charge is -2.37. The van der Waals surface area contributed by atoms with E-state index in [-0.39, 0.29) is 0 Å². The number of hydrogen-bond acceptors (Lipinski definition) is 2. The minimum absolute atomic E-state index is 0.354. The first-order valence-corrected chi connectivity index (χ1v) is 6.44. The van der Waals surface area contributed by atoms with E-state index < -0.39 is 0 Å². The molecule has 0 aromatic carbocycles. The van der Waals surface area contributed by atoms with Crippen LogP contribution >= 0.6 is 0 Å². The first-order valence-electron chi connectivity index (χ1n) is 6.44. The van der Waals surface area contributed by atoms with Crippen LogP contribution in [0.15, 0.2) is 0 Å². The van der Waals surface area contributed by atoms with Gasteiger partial charge in [-0.15, -0.1) is 0 Å². The molecular weight excluding hydrogens is 184 g/mol. The van der Waals surface area contributed by atoms with Crippen molar-refractivity contribution in [3.05, 3.63) is 0 Å². The van der Waals surface area contributed by atoms with Gasteiger partial charge >= 0.3 is 0 Å². The lowest BCUT2D eigenvalue weighted by molar-refractivity contribution is 0.114. The monoisotopic (exact) mass is 210 g/mol. The second-order valence-corrected chi connectivity index (χ2v) is 6.41. The van der Waals surface area contributed by atoms with Crippen LogP contribution in [0, 0.1) is 0 Å². The summed E-state index contributed by atoms with van der Waals surface area (Å²) in [5, 5.41) is 0. The molecule has 0 aliphatic carbocycles. The molecule has 0 saturated carbocycles. The average Bonchev–Trinajstić information content (AvgIpc) is 2.56. The van der Waals surface area contributed by atoms with E-state index in [1.54, 1.807) is 0 Å². The van der Waals surface area contributed by atoms with E-state index in [0.29, 0.717) is 5.54 Å². The summed E-state index contributed by atoms with van der Waals surface area (Å²) in [6, 6.07) is 2.39. The fourth-order valence-electron chi connectivity index (χ4n) is 3.49. The average molecular weight is 210 g/mol. The van der Waals surface area contributed by atoms with Crippen molar-refractivity contribution in [2.45, 2.75) is 71.1 Å². The van der Waals surface area contributed by atoms with Crippen LogP contribution < -0.4 is 0 Å². The van der Waals surface area contributed by atoms with Gasteiger partial charge in [-0.05, 0) is 47.5 Å². The molecule has 0 bridgehead atoms. The SMILES string of the molecule is CC(C)N1CCC2C1CCN2C(C)(C)C. The summed E-state index contributed by atoms with van der Waals surface area (Å²) < 4.78 is 0. The summed E-state index contributed by atoms with van der Waals surface area (Å²) in [6.07, 6.45) is 2.75. The van der Waals surface area contributed by atoms with Gasteiger partial charge in [-0.1, -0.05) is 0 Å². The zero-order valence-electron chi connectivity index (χ0n) is 11.0. The summed E-state index contributed by atoms with van der Waals surface area (Å²) in [5.74, 6) is 0. The van der Waals surface area contributed by atoms with E-state index in [4.69, 9.17) is 0 Å². The Morgan fingerprint density at radius 2 is 1.60 bits per heavy atom. The Morgan fingerprint density at radius 3 is 2.13 bits per heavy atom. The van der Waals surface area contributed by atoms with Crippen LogP contribution in [0.3, 0.4) is 0 Å². The van der Waals surface area contributed by atoms with Crippen molar-refractivity contribution < 1.29 is 0 Å². The summed E-state index contributed by atoms with van der Waals surface area (Å²) in [6.45, 7) is 14.3. The van der Waals surface area contributed by atoms with E-state index in [9.17, 15) is 0 Å². The van der Waals surface area contributed by atoms with Crippen LogP contribution in [0.1, 0.15) is 47.5 Å². The third kappa shape index (κ3) is 1.94. The molecule has 0 spiro atoms. The van der Waals surface area contributed by atoms with Crippen molar-refractivity contribution in [1.29, 1.82) is 0 Å². The fourth-order valence-corrected chi connectivity index (χ4v) is 3.49. The standard InChI is InChI=1S/C13H26N2/c1-10(2)14-8-6-12-11(14)7-9-15(12)13(3,4)5/h10-12H,6-9H2,1-5H3. The molecule has 2 aliphatic rings. The Balaban J connectivity index is 2.09. The second kappa shape index (κ2) is 3.74. The first-order chi connectivity index (χ1) is 6.91. The molecule has 2 fully saturated rings. The largest absolute Gasteiger partial charge is 0.296 e. The van der Waals surface area contributed by atoms with Crippen LogP contribution in [-0.2, 0) is 0 Å². The summed E-state index contributed by atoms with van der Waals surface area (Å²) in [7, 11) is 0. The van der Waals surface area contributed by atoms with Crippen LogP contribution in [0.25, 0.3) is 0 Å². The highest BCUT2D eigenvalue weighted by atomic mass is 15.3. The van der Waals surface area contributed by atoms with Crippen molar-refractivity contribution in [1.82, 2.24) is 9.80 Å². The van der Waals surface area contributed by atoms with Gasteiger partial charge in [-0.3, -0.25) is 9.80 Å². The van der Waals surface area contributed by atoms with Gasteiger partial charge in [0.25, 0.3) is 0 Å². The Kier molecular flexibility index (Phi) is 2.85. The van der Waals surface area contributed by atoms with Gasteiger partial charge < -0.3 is 0 Å². The highest BCUT2D eigenvalue weighted by molar-refractivity contribution is 5.02. The van der Waals surface area contributed by atoms with Gasteiger partial charge in [-0.2, -0.15) is 0 Å². The highest BCUT2D eigenvalue weighted by Gasteiger charge is 2.46. The molecule has 2 heteroatoms. The Hall–Kier alpha value is -0.0800. The predicted octanol–water partition coefficient (Wildman–Crippen LogP) is 2.34. The number of hydrogen-bond donors (Lipinski definition) is 0. The number of nitrogens with zero attached hydrogens (tertiary/aromatic N) is 2. The van der Waals surface area contributed by atoms with Gasteiger partial charge in [0.1, 0.15) is 0 Å². The number of likely N-dealkylation sites (tertiary alicyclic amines) is 2. The molecule has 88 valence electrons. The van der Waals surface area contributed by atoms with Crippen LogP contribution in [0.2, 0.25) is 0 Å². The third-order valence-corrected chi connectivity index (χ3v) is 4.14. The van der Waals surface area contributed by atoms with E-state index in [0.717, 1.165) is 18.1 Å². The van der Waals surface area contributed by atoms with E-state index >= 15 is 0 Å². The van der Waals surface area contributed by atoms with Crippen molar-refractivity contribution in [3.63, 3.8) is 0 Å². The molecule has 15 heavy (non-hydrogen) atoms. The topological polar surface area (TPSA) is 6.48 Å². The van der Waals surface area contributed by atoms with E-state index in [2.05, 4.69) is 44.4 Å². The maximum absolute atomic E-state index is 2.72. The van der Waals surface area contributed by atoms with E-state index in [1.807, 2.05) is 0 Å². The molecule has 2 heterocycles. The van der Waals surface area contributed by atoms with Gasteiger partial charge in [0.15, 0.2) is 0 Å². The molecule has 2 aliphatic heterocycles. The maximum atomic E-state index is 2.72. The molecular formula is C13H26N2. The lowest BCUT2D eigenvalue weighted by Crippen LogP contribution is -2.47. The quantitative estimate of drug-likeness (QED) is 0.655. The number of fused-ring (bicyclic) bond motifs is 1. The molecule has 0 aromatic heterocycles. The van der Waals surface area contributed by atoms with Gasteiger partial charge in [-0.25, -0.2) is 0 Å². The second-order valence-electron chi connectivity index (χ2n) is 6.41. The molecule has 0 N–H and O–H groups in total. The zero-order valence-corrected chi connectivity index (χ0v) is 11.0. The normalized spacial score (nSPS) is 34.0. The predicted molar refractivity (Wildman–Crippen MR) is 65.1 cm³/mol. The van der Waals surface area contributed by atoms with Crippen molar-refractivity contribution in [3.8, 4) is 0 Å². The molecule has 0 aromatic rings. The Bertz CT molecular complexity index is 229. The molecule has 2 unspecified atom stereocenters. The summed E-state index contributed by atoms with van der Waals surface area (Å²) in [5.41, 5.74) is 0.354. The third-order valence-electron chi connectivity index (χ3n) is 4.14. The molecule has 2 atom stereocenters. The smallest absolute Gasteiger partial charge is 0.0269 e. The van der Waals surface area contributed by atoms with Gasteiger partial charge in [0, 0.05) is 36.8 Å². The minimum Gasteiger partial charge on any atom is -0.296 e. The molecule has 2 rings (SSSR count). The molecule has 2 nitrogen and oxygen atoms in total. The Labute approximate surface area is 94.6 Å². The lowest BCUT2D eigenvalue weighted by atomic mass is 10.0. The van der Waals surface area contributed by atoms with Crippen molar-refractivity contribution in [2.24, 2.45) is 0 Å². The van der Waals surface area contributed by atoms with Crippen molar-refractivity contribution in [2.75, 3.05) is 13.1 Å². The fraction of sp³-hybridized carbons (Fsp3) is 1.00. The molecule has 0 amide bonds.